The lowest BCUT2D eigenvalue weighted by Crippen LogP contribution is -2.42. The summed E-state index contributed by atoms with van der Waals surface area (Å²) in [7, 11) is 0. The first-order chi connectivity index (χ1) is 18.9. The van der Waals surface area contributed by atoms with Crippen LogP contribution in [0, 0.1) is 0 Å². The molecule has 0 saturated carbocycles. The summed E-state index contributed by atoms with van der Waals surface area (Å²) in [6.07, 6.45) is 0.0434. The summed E-state index contributed by atoms with van der Waals surface area (Å²) in [5.41, 5.74) is 9.79. The quantitative estimate of drug-likeness (QED) is 0.289. The van der Waals surface area contributed by atoms with Gasteiger partial charge in [0.2, 0.25) is 10.9 Å². The van der Waals surface area contributed by atoms with Gasteiger partial charge in [-0.3, -0.25) is 20.4 Å². The summed E-state index contributed by atoms with van der Waals surface area (Å²) in [5, 5.41) is 11.3. The highest BCUT2D eigenvalue weighted by Gasteiger charge is 2.26. The molecule has 0 fully saturated rings. The van der Waals surface area contributed by atoms with Gasteiger partial charge in [0.25, 0.3) is 5.91 Å². The lowest BCUT2D eigenvalue weighted by Gasteiger charge is -2.20. The van der Waals surface area contributed by atoms with Crippen LogP contribution in [0.3, 0.4) is 0 Å². The van der Waals surface area contributed by atoms with Crippen LogP contribution in [0.15, 0.2) is 66.0 Å². The van der Waals surface area contributed by atoms with E-state index in [1.54, 1.807) is 16.6 Å². The fraction of sp³-hybridized carbons (Fsp3) is 0.300. The first-order valence-corrected chi connectivity index (χ1v) is 14.0. The molecule has 9 nitrogen and oxygen atoms in total. The molecule has 3 heterocycles. The second-order valence-corrected chi connectivity index (χ2v) is 12.6. The van der Waals surface area contributed by atoms with E-state index in [0.29, 0.717) is 22.0 Å². The number of nitrogens with zero attached hydrogens (tertiary/aromatic N) is 5. The molecule has 0 aliphatic carbocycles. The second kappa shape index (κ2) is 10.3. The van der Waals surface area contributed by atoms with E-state index >= 15 is 0 Å². The Morgan fingerprint density at radius 3 is 2.23 bits per heavy atom. The minimum absolute atomic E-state index is 0.0434. The van der Waals surface area contributed by atoms with Crippen LogP contribution in [0.5, 0.6) is 0 Å². The van der Waals surface area contributed by atoms with E-state index in [9.17, 15) is 9.59 Å². The minimum atomic E-state index is -0.408. The van der Waals surface area contributed by atoms with Gasteiger partial charge in [0, 0.05) is 33.0 Å². The number of benzene rings is 2. The number of hydrazine groups is 1. The van der Waals surface area contributed by atoms with Gasteiger partial charge in [-0.15, -0.1) is 16.4 Å². The lowest BCUT2D eigenvalue weighted by molar-refractivity contribution is -0.121. The zero-order chi connectivity index (χ0) is 28.7. The first-order valence-electron chi connectivity index (χ1n) is 13.1. The van der Waals surface area contributed by atoms with Gasteiger partial charge >= 0.3 is 0 Å². The zero-order valence-electron chi connectivity index (χ0n) is 23.5. The molecule has 0 spiro atoms. The summed E-state index contributed by atoms with van der Waals surface area (Å²) >= 11 is 1.41. The van der Waals surface area contributed by atoms with Crippen molar-refractivity contribution in [2.75, 3.05) is 0 Å². The molecule has 206 valence electrons. The summed E-state index contributed by atoms with van der Waals surface area (Å²) in [4.78, 5) is 30.6. The predicted molar refractivity (Wildman–Crippen MR) is 157 cm³/mol. The molecule has 2 N–H and O–H groups in total. The number of carbonyl (C=O) groups excluding carboxylic acids is 2. The normalized spacial score (nSPS) is 12.1. The Morgan fingerprint density at radius 2 is 1.57 bits per heavy atom. The average molecular weight is 556 g/mol. The third kappa shape index (κ3) is 5.67. The molecule has 0 radical (unpaired) electrons. The maximum Gasteiger partial charge on any atom is 0.269 e. The second-order valence-electron chi connectivity index (χ2n) is 11.8. The van der Waals surface area contributed by atoms with Crippen LogP contribution in [0.25, 0.3) is 22.0 Å². The number of thiazole rings is 1. The standard InChI is InChI=1S/C30H33N7O2S/c1-29(2,3)23-17-24(30(4,5)6)36(34-23)21-14-12-20(13-15-21)27(39)33-32-25(38)16-22-18-40-28-31-26(35-37(22)28)19-10-8-7-9-11-19/h7-15,17-18H,16H2,1-6H3,(H,32,38)(H,33,39). The molecule has 3 aromatic heterocycles. The molecule has 2 aromatic carbocycles. The largest absolute Gasteiger partial charge is 0.273 e. The minimum Gasteiger partial charge on any atom is -0.273 e. The third-order valence-electron chi connectivity index (χ3n) is 6.46. The van der Waals surface area contributed by atoms with Gasteiger partial charge < -0.3 is 0 Å². The Balaban J connectivity index is 1.24. The van der Waals surface area contributed by atoms with Crippen LogP contribution in [0.4, 0.5) is 0 Å². The van der Waals surface area contributed by atoms with Crippen LogP contribution in [0.2, 0.25) is 0 Å². The van der Waals surface area contributed by atoms with Crippen LogP contribution >= 0.6 is 11.3 Å². The van der Waals surface area contributed by atoms with E-state index in [2.05, 4.69) is 68.5 Å². The van der Waals surface area contributed by atoms with Crippen molar-refractivity contribution in [3.63, 3.8) is 0 Å². The van der Waals surface area contributed by atoms with Gasteiger partial charge in [-0.05, 0) is 30.3 Å². The summed E-state index contributed by atoms with van der Waals surface area (Å²) in [6, 6.07) is 19.0. The number of hydrogen-bond donors (Lipinski definition) is 2. The fourth-order valence-electron chi connectivity index (χ4n) is 4.20. The molecule has 0 aliphatic heterocycles. The Bertz CT molecular complexity index is 1670. The van der Waals surface area contributed by atoms with Crippen LogP contribution in [0.1, 0.15) is 69.0 Å². The highest BCUT2D eigenvalue weighted by atomic mass is 32.1. The van der Waals surface area contributed by atoms with Crippen LogP contribution < -0.4 is 10.9 Å². The molecule has 2 amide bonds. The Morgan fingerprint density at radius 1 is 0.875 bits per heavy atom. The Kier molecular flexibility index (Phi) is 7.05. The topological polar surface area (TPSA) is 106 Å². The van der Waals surface area contributed by atoms with E-state index in [4.69, 9.17) is 5.10 Å². The number of fused-ring (bicyclic) bond motifs is 1. The van der Waals surface area contributed by atoms with E-state index in [-0.39, 0.29) is 23.2 Å². The fourth-order valence-corrected chi connectivity index (χ4v) is 5.02. The molecule has 0 saturated heterocycles. The molecular formula is C30H33N7O2S. The van der Waals surface area contributed by atoms with Crippen LogP contribution in [-0.4, -0.2) is 36.2 Å². The number of rotatable bonds is 5. The highest BCUT2D eigenvalue weighted by Crippen LogP contribution is 2.30. The molecule has 40 heavy (non-hydrogen) atoms. The summed E-state index contributed by atoms with van der Waals surface area (Å²) in [5.74, 6) is -0.165. The lowest BCUT2D eigenvalue weighted by atomic mass is 9.88. The van der Waals surface area contributed by atoms with Crippen molar-refractivity contribution in [3.05, 3.63) is 88.7 Å². The number of hydrogen-bond acceptors (Lipinski definition) is 6. The number of nitrogens with one attached hydrogen (secondary N) is 2. The smallest absolute Gasteiger partial charge is 0.269 e. The summed E-state index contributed by atoms with van der Waals surface area (Å²) < 4.78 is 3.61. The number of amides is 2. The van der Waals surface area contributed by atoms with Crippen molar-refractivity contribution >= 4 is 28.1 Å². The van der Waals surface area contributed by atoms with Crippen molar-refractivity contribution in [2.45, 2.75) is 58.8 Å². The van der Waals surface area contributed by atoms with Crippen molar-refractivity contribution in [1.82, 2.24) is 35.2 Å². The van der Waals surface area contributed by atoms with E-state index in [1.165, 1.54) is 11.3 Å². The molecule has 10 heteroatoms. The monoisotopic (exact) mass is 555 g/mol. The number of aromatic nitrogens is 5. The van der Waals surface area contributed by atoms with Gasteiger partial charge in [-0.2, -0.15) is 10.1 Å². The maximum absolute atomic E-state index is 12.8. The molecule has 5 aromatic rings. The molecule has 0 aliphatic rings. The average Bonchev–Trinajstić information content (AvgIpc) is 3.63. The van der Waals surface area contributed by atoms with Crippen LogP contribution in [-0.2, 0) is 22.0 Å². The third-order valence-corrected chi connectivity index (χ3v) is 7.32. The predicted octanol–water partition coefficient (Wildman–Crippen LogP) is 5.24. The van der Waals surface area contributed by atoms with E-state index in [0.717, 1.165) is 22.6 Å². The van der Waals surface area contributed by atoms with Gasteiger partial charge in [-0.25, -0.2) is 9.20 Å². The molecule has 0 atom stereocenters. The molecular weight excluding hydrogens is 522 g/mol. The van der Waals surface area contributed by atoms with Crippen molar-refractivity contribution in [3.8, 4) is 17.1 Å². The van der Waals surface area contributed by atoms with Gasteiger partial charge in [0.1, 0.15) is 0 Å². The van der Waals surface area contributed by atoms with E-state index < -0.39 is 5.91 Å². The molecule has 0 unspecified atom stereocenters. The molecule has 0 bridgehead atoms. The number of carbonyl (C=O) groups is 2. The molecule has 5 rings (SSSR count). The van der Waals surface area contributed by atoms with Gasteiger partial charge in [0.05, 0.1) is 23.5 Å². The Hall–Kier alpha value is -4.31. The van der Waals surface area contributed by atoms with E-state index in [1.807, 2.05) is 52.5 Å². The SMILES string of the molecule is CC(C)(C)c1cc(C(C)(C)C)n(-c2ccc(C(=O)NNC(=O)Cc3csc4nc(-c5ccccc5)nn34)cc2)n1. The van der Waals surface area contributed by atoms with Gasteiger partial charge in [0.15, 0.2) is 5.82 Å². The van der Waals surface area contributed by atoms with Gasteiger partial charge in [-0.1, -0.05) is 71.9 Å². The van der Waals surface area contributed by atoms with Crippen molar-refractivity contribution < 1.29 is 9.59 Å². The summed E-state index contributed by atoms with van der Waals surface area (Å²) in [6.45, 7) is 12.9. The van der Waals surface area contributed by atoms with Crippen molar-refractivity contribution in [2.24, 2.45) is 0 Å². The van der Waals surface area contributed by atoms with Crippen molar-refractivity contribution in [1.29, 1.82) is 0 Å². The Labute approximate surface area is 237 Å². The highest BCUT2D eigenvalue weighted by molar-refractivity contribution is 7.15. The maximum atomic E-state index is 12.8. The zero-order valence-corrected chi connectivity index (χ0v) is 24.3. The first kappa shape index (κ1) is 27.3.